The van der Waals surface area contributed by atoms with Crippen LogP contribution in [0.25, 0.3) is 11.1 Å². The Kier molecular flexibility index (Phi) is 7.69. The first-order valence-corrected chi connectivity index (χ1v) is 11.2. The summed E-state index contributed by atoms with van der Waals surface area (Å²) < 4.78 is 53.9. The molecule has 2 heterocycles. The summed E-state index contributed by atoms with van der Waals surface area (Å²) in [6.45, 7) is 0.646. The normalized spacial score (nSPS) is 13.4. The van der Waals surface area contributed by atoms with Gasteiger partial charge in [-0.25, -0.2) is 0 Å². The number of rotatable bonds is 9. The van der Waals surface area contributed by atoms with Crippen LogP contribution in [-0.2, 0) is 22.1 Å². The summed E-state index contributed by atoms with van der Waals surface area (Å²) >= 11 is 0. The summed E-state index contributed by atoms with van der Waals surface area (Å²) in [5.41, 5.74) is 1.17. The van der Waals surface area contributed by atoms with Crippen LogP contribution in [0.15, 0.2) is 54.7 Å². The molecule has 0 atom stereocenters. The minimum absolute atomic E-state index is 0.00432. The molecule has 0 N–H and O–H groups in total. The smallest absolute Gasteiger partial charge is 0.416 e. The predicted octanol–water partition coefficient (Wildman–Crippen LogP) is 4.88. The first kappa shape index (κ1) is 26.0. The Labute approximate surface area is 209 Å². The molecule has 1 aromatic heterocycles. The molecule has 1 amide bonds. The molecule has 2 aromatic carbocycles. The number of carbonyl (C=O) groups excluding carboxylic acids is 1. The van der Waals surface area contributed by atoms with Gasteiger partial charge >= 0.3 is 11.9 Å². The highest BCUT2D eigenvalue weighted by Gasteiger charge is 2.31. The van der Waals surface area contributed by atoms with Crippen LogP contribution in [0.3, 0.4) is 0 Å². The highest BCUT2D eigenvalue weighted by molar-refractivity contribution is 6.07. The molecule has 0 unspecified atom stereocenters. The SMILES string of the molecule is COCCOCOc1ccc(N2CCc3cc(-c4ccc(C(F)(F)F)cc4)cnc3C2=O)cc1[N+](=O)[O-]. The highest BCUT2D eigenvalue weighted by Crippen LogP contribution is 2.35. The summed E-state index contributed by atoms with van der Waals surface area (Å²) in [5.74, 6) is -0.443. The number of carbonyl (C=O) groups is 1. The average Bonchev–Trinajstić information content (AvgIpc) is 2.88. The minimum Gasteiger partial charge on any atom is -0.460 e. The van der Waals surface area contributed by atoms with E-state index in [2.05, 4.69) is 4.98 Å². The molecular formula is C25H22F3N3O6. The molecule has 3 aromatic rings. The second-order valence-corrected chi connectivity index (χ2v) is 8.09. The number of hydrogen-bond donors (Lipinski definition) is 0. The lowest BCUT2D eigenvalue weighted by molar-refractivity contribution is -0.386. The van der Waals surface area contributed by atoms with Gasteiger partial charge in [-0.3, -0.25) is 19.9 Å². The van der Waals surface area contributed by atoms with Gasteiger partial charge in [0.15, 0.2) is 12.5 Å². The van der Waals surface area contributed by atoms with Crippen LogP contribution >= 0.6 is 0 Å². The number of aromatic nitrogens is 1. The van der Waals surface area contributed by atoms with Crippen molar-refractivity contribution in [3.63, 3.8) is 0 Å². The third-order valence-corrected chi connectivity index (χ3v) is 5.75. The van der Waals surface area contributed by atoms with Gasteiger partial charge in [-0.2, -0.15) is 13.2 Å². The van der Waals surface area contributed by atoms with E-state index in [1.165, 1.54) is 48.5 Å². The van der Waals surface area contributed by atoms with Crippen LogP contribution in [-0.4, -0.2) is 49.5 Å². The van der Waals surface area contributed by atoms with E-state index in [4.69, 9.17) is 14.2 Å². The quantitative estimate of drug-likeness (QED) is 0.173. The lowest BCUT2D eigenvalue weighted by atomic mass is 9.98. The molecule has 0 fully saturated rings. The number of pyridine rings is 1. The van der Waals surface area contributed by atoms with Crippen molar-refractivity contribution in [2.24, 2.45) is 0 Å². The highest BCUT2D eigenvalue weighted by atomic mass is 19.4. The first-order chi connectivity index (χ1) is 17.7. The summed E-state index contributed by atoms with van der Waals surface area (Å²) in [4.78, 5) is 29.8. The van der Waals surface area contributed by atoms with Crippen molar-refractivity contribution in [2.75, 3.05) is 38.6 Å². The number of nitro benzene ring substituents is 1. The van der Waals surface area contributed by atoms with Gasteiger partial charge in [-0.15, -0.1) is 0 Å². The molecule has 9 nitrogen and oxygen atoms in total. The van der Waals surface area contributed by atoms with E-state index in [0.717, 1.165) is 12.1 Å². The van der Waals surface area contributed by atoms with Crippen molar-refractivity contribution in [3.05, 3.63) is 81.7 Å². The third-order valence-electron chi connectivity index (χ3n) is 5.75. The zero-order valence-corrected chi connectivity index (χ0v) is 19.7. The number of ether oxygens (including phenoxy) is 3. The van der Waals surface area contributed by atoms with Crippen molar-refractivity contribution in [1.82, 2.24) is 4.98 Å². The Bertz CT molecular complexity index is 1300. The van der Waals surface area contributed by atoms with Gasteiger partial charge in [-0.1, -0.05) is 12.1 Å². The standard InChI is InChI=1S/C25H22F3N3O6/c1-35-10-11-36-15-37-22-7-6-20(13-21(22)31(33)34)30-9-8-17-12-18(14-29-23(17)24(30)32)16-2-4-19(5-3-16)25(26,27)28/h2-7,12-14H,8-11,15H2,1H3. The van der Waals surface area contributed by atoms with Gasteiger partial charge < -0.3 is 19.1 Å². The molecule has 0 spiro atoms. The van der Waals surface area contributed by atoms with Crippen LogP contribution in [0.2, 0.25) is 0 Å². The number of methoxy groups -OCH3 is 1. The lowest BCUT2D eigenvalue weighted by Gasteiger charge is -2.28. The van der Waals surface area contributed by atoms with Gasteiger partial charge in [0.1, 0.15) is 5.69 Å². The molecule has 0 bridgehead atoms. The predicted molar refractivity (Wildman–Crippen MR) is 126 cm³/mol. The first-order valence-electron chi connectivity index (χ1n) is 11.2. The fraction of sp³-hybridized carbons (Fsp3) is 0.280. The van der Waals surface area contributed by atoms with Crippen molar-refractivity contribution in [3.8, 4) is 16.9 Å². The Morgan fingerprint density at radius 2 is 1.84 bits per heavy atom. The molecule has 0 radical (unpaired) electrons. The second kappa shape index (κ2) is 10.9. The summed E-state index contributed by atoms with van der Waals surface area (Å²) in [5, 5.41) is 11.6. The van der Waals surface area contributed by atoms with Crippen LogP contribution < -0.4 is 9.64 Å². The third kappa shape index (κ3) is 5.87. The van der Waals surface area contributed by atoms with Gasteiger partial charge in [0, 0.05) is 31.5 Å². The molecule has 0 saturated heterocycles. The van der Waals surface area contributed by atoms with E-state index in [9.17, 15) is 28.1 Å². The number of halogens is 3. The second-order valence-electron chi connectivity index (χ2n) is 8.09. The van der Waals surface area contributed by atoms with Crippen LogP contribution in [0.1, 0.15) is 21.6 Å². The molecule has 0 saturated carbocycles. The fourth-order valence-corrected chi connectivity index (χ4v) is 3.86. The van der Waals surface area contributed by atoms with E-state index >= 15 is 0 Å². The molecule has 1 aliphatic heterocycles. The summed E-state index contributed by atoms with van der Waals surface area (Å²) in [6, 6.07) is 10.6. The largest absolute Gasteiger partial charge is 0.460 e. The summed E-state index contributed by atoms with van der Waals surface area (Å²) in [6.07, 6.45) is -2.60. The van der Waals surface area contributed by atoms with Crippen molar-refractivity contribution in [2.45, 2.75) is 12.6 Å². The van der Waals surface area contributed by atoms with Crippen LogP contribution in [0, 0.1) is 10.1 Å². The molecular weight excluding hydrogens is 495 g/mol. The van der Waals surface area contributed by atoms with Crippen LogP contribution in [0.4, 0.5) is 24.5 Å². The van der Waals surface area contributed by atoms with E-state index in [-0.39, 0.29) is 37.1 Å². The van der Waals surface area contributed by atoms with Crippen molar-refractivity contribution < 1.29 is 37.1 Å². The molecule has 12 heteroatoms. The van der Waals surface area contributed by atoms with Gasteiger partial charge in [0.05, 0.1) is 29.4 Å². The molecule has 4 rings (SSSR count). The van der Waals surface area contributed by atoms with Gasteiger partial charge in [0.25, 0.3) is 5.91 Å². The van der Waals surface area contributed by atoms with Crippen LogP contribution in [0.5, 0.6) is 5.75 Å². The Hall–Kier alpha value is -4.03. The Morgan fingerprint density at radius 3 is 2.51 bits per heavy atom. The maximum absolute atomic E-state index is 13.2. The maximum Gasteiger partial charge on any atom is 0.416 e. The molecule has 0 aliphatic carbocycles. The molecule has 37 heavy (non-hydrogen) atoms. The van der Waals surface area contributed by atoms with Crippen molar-refractivity contribution >= 4 is 17.3 Å². The Morgan fingerprint density at radius 1 is 1.08 bits per heavy atom. The number of benzene rings is 2. The van der Waals surface area contributed by atoms with Gasteiger partial charge in [0.2, 0.25) is 0 Å². The monoisotopic (exact) mass is 517 g/mol. The van der Waals surface area contributed by atoms with E-state index in [1.54, 1.807) is 6.07 Å². The molecule has 1 aliphatic rings. The fourth-order valence-electron chi connectivity index (χ4n) is 3.86. The zero-order chi connectivity index (χ0) is 26.6. The topological polar surface area (TPSA) is 104 Å². The number of nitro groups is 1. The lowest BCUT2D eigenvalue weighted by Crippen LogP contribution is -2.38. The maximum atomic E-state index is 13.2. The average molecular weight is 517 g/mol. The zero-order valence-electron chi connectivity index (χ0n) is 19.7. The number of alkyl halides is 3. The van der Waals surface area contributed by atoms with E-state index < -0.39 is 22.6 Å². The Balaban J connectivity index is 1.52. The minimum atomic E-state index is -4.43. The van der Waals surface area contributed by atoms with Gasteiger partial charge in [-0.05, 0) is 47.9 Å². The van der Waals surface area contributed by atoms with E-state index in [1.807, 2.05) is 0 Å². The number of amides is 1. The number of nitrogens with zero attached hydrogens (tertiary/aromatic N) is 3. The molecule has 194 valence electrons. The number of hydrogen-bond acceptors (Lipinski definition) is 7. The summed E-state index contributed by atoms with van der Waals surface area (Å²) in [7, 11) is 1.52. The van der Waals surface area contributed by atoms with Crippen molar-refractivity contribution in [1.29, 1.82) is 0 Å². The number of fused-ring (bicyclic) bond motifs is 1. The van der Waals surface area contributed by atoms with E-state index in [0.29, 0.717) is 35.4 Å². The number of anilines is 1.